The minimum absolute atomic E-state index is 0.141. The van der Waals surface area contributed by atoms with Crippen molar-refractivity contribution in [2.24, 2.45) is 0 Å². The molecule has 0 bridgehead atoms. The number of rotatable bonds is 4. The Kier molecular flexibility index (Phi) is 4.35. The zero-order valence-electron chi connectivity index (χ0n) is 12.7. The van der Waals surface area contributed by atoms with Crippen LogP contribution in [-0.4, -0.2) is 15.0 Å². The number of nitrogens with two attached hydrogens (primary N) is 1. The van der Waals surface area contributed by atoms with Crippen LogP contribution in [0.1, 0.15) is 49.7 Å². The molecule has 1 unspecified atom stereocenters. The van der Waals surface area contributed by atoms with E-state index in [-0.39, 0.29) is 23.7 Å². The molecule has 6 heteroatoms. The summed E-state index contributed by atoms with van der Waals surface area (Å²) in [6.07, 6.45) is 0. The zero-order valence-corrected chi connectivity index (χ0v) is 12.7. The Morgan fingerprint density at radius 1 is 1.14 bits per heavy atom. The van der Waals surface area contributed by atoms with Gasteiger partial charge in [-0.2, -0.15) is 15.0 Å². The van der Waals surface area contributed by atoms with E-state index in [4.69, 9.17) is 5.73 Å². The molecule has 0 aliphatic heterocycles. The first-order chi connectivity index (χ1) is 9.86. The highest BCUT2D eigenvalue weighted by Crippen LogP contribution is 2.22. The highest BCUT2D eigenvalue weighted by Gasteiger charge is 2.14. The summed E-state index contributed by atoms with van der Waals surface area (Å²) in [5.74, 6) is 1.02. The Labute approximate surface area is 123 Å². The van der Waals surface area contributed by atoms with Crippen molar-refractivity contribution in [3.8, 4) is 0 Å². The van der Waals surface area contributed by atoms with Gasteiger partial charge in [-0.1, -0.05) is 26.0 Å². The fourth-order valence-electron chi connectivity index (χ4n) is 1.99. The third kappa shape index (κ3) is 3.65. The SMILES string of the molecule is Cc1ccc(C(C)Nc2nc(N)nc(C(C)C)n2)c(F)c1. The monoisotopic (exact) mass is 289 g/mol. The van der Waals surface area contributed by atoms with Crippen LogP contribution >= 0.6 is 0 Å². The number of hydrogen-bond acceptors (Lipinski definition) is 5. The largest absolute Gasteiger partial charge is 0.368 e. The summed E-state index contributed by atoms with van der Waals surface area (Å²) in [6.45, 7) is 7.65. The van der Waals surface area contributed by atoms with Crippen LogP contribution < -0.4 is 11.1 Å². The summed E-state index contributed by atoms with van der Waals surface area (Å²) in [6, 6.07) is 4.87. The van der Waals surface area contributed by atoms with Crippen molar-refractivity contribution in [3.05, 3.63) is 41.0 Å². The Morgan fingerprint density at radius 2 is 1.86 bits per heavy atom. The molecule has 0 amide bonds. The molecule has 0 spiro atoms. The van der Waals surface area contributed by atoms with Gasteiger partial charge in [-0.15, -0.1) is 0 Å². The van der Waals surface area contributed by atoms with E-state index in [0.717, 1.165) is 5.56 Å². The molecule has 112 valence electrons. The summed E-state index contributed by atoms with van der Waals surface area (Å²) < 4.78 is 14.0. The molecular formula is C15H20FN5. The smallest absolute Gasteiger partial charge is 0.228 e. The van der Waals surface area contributed by atoms with Crippen molar-refractivity contribution in [1.29, 1.82) is 0 Å². The number of benzene rings is 1. The van der Waals surface area contributed by atoms with Gasteiger partial charge in [0.05, 0.1) is 6.04 Å². The van der Waals surface area contributed by atoms with E-state index in [2.05, 4.69) is 20.3 Å². The van der Waals surface area contributed by atoms with Gasteiger partial charge in [-0.25, -0.2) is 4.39 Å². The third-order valence-electron chi connectivity index (χ3n) is 3.15. The molecule has 5 nitrogen and oxygen atoms in total. The van der Waals surface area contributed by atoms with Gasteiger partial charge < -0.3 is 11.1 Å². The average molecular weight is 289 g/mol. The van der Waals surface area contributed by atoms with Gasteiger partial charge in [0, 0.05) is 11.5 Å². The minimum atomic E-state index is -0.271. The van der Waals surface area contributed by atoms with Crippen LogP contribution in [-0.2, 0) is 0 Å². The van der Waals surface area contributed by atoms with E-state index in [1.807, 2.05) is 33.8 Å². The second kappa shape index (κ2) is 6.03. The Morgan fingerprint density at radius 3 is 2.48 bits per heavy atom. The lowest BCUT2D eigenvalue weighted by Gasteiger charge is -2.16. The van der Waals surface area contributed by atoms with Crippen LogP contribution in [0.4, 0.5) is 16.3 Å². The Bertz CT molecular complexity index is 642. The molecule has 1 heterocycles. The van der Waals surface area contributed by atoms with Crippen molar-refractivity contribution in [2.75, 3.05) is 11.1 Å². The van der Waals surface area contributed by atoms with Gasteiger partial charge in [0.15, 0.2) is 0 Å². The molecule has 0 radical (unpaired) electrons. The van der Waals surface area contributed by atoms with Crippen LogP contribution in [0.2, 0.25) is 0 Å². The molecular weight excluding hydrogens is 269 g/mol. The molecule has 3 N–H and O–H groups in total. The van der Waals surface area contributed by atoms with E-state index in [1.54, 1.807) is 6.07 Å². The first-order valence-corrected chi connectivity index (χ1v) is 6.91. The standard InChI is InChI=1S/C15H20FN5/c1-8(2)13-19-14(17)21-15(20-13)18-10(4)11-6-5-9(3)7-12(11)16/h5-8,10H,1-4H3,(H3,17,18,19,20,21). The number of nitrogens with one attached hydrogen (secondary N) is 1. The molecule has 0 aliphatic carbocycles. The maximum absolute atomic E-state index is 14.0. The molecule has 2 aromatic rings. The van der Waals surface area contributed by atoms with Crippen LogP contribution in [0.3, 0.4) is 0 Å². The van der Waals surface area contributed by atoms with Crippen molar-refractivity contribution < 1.29 is 4.39 Å². The predicted molar refractivity (Wildman–Crippen MR) is 81.5 cm³/mol. The molecule has 1 atom stereocenters. The van der Waals surface area contributed by atoms with E-state index in [1.165, 1.54) is 6.07 Å². The fraction of sp³-hybridized carbons (Fsp3) is 0.400. The maximum atomic E-state index is 14.0. The Hall–Kier alpha value is -2.24. The normalized spacial score (nSPS) is 12.5. The van der Waals surface area contributed by atoms with E-state index >= 15 is 0 Å². The lowest BCUT2D eigenvalue weighted by Crippen LogP contribution is -2.14. The van der Waals surface area contributed by atoms with Gasteiger partial charge in [0.2, 0.25) is 11.9 Å². The molecule has 0 saturated carbocycles. The molecule has 0 aliphatic rings. The van der Waals surface area contributed by atoms with Crippen LogP contribution in [0, 0.1) is 12.7 Å². The van der Waals surface area contributed by atoms with Crippen LogP contribution in [0.5, 0.6) is 0 Å². The number of hydrogen-bond donors (Lipinski definition) is 2. The van der Waals surface area contributed by atoms with Gasteiger partial charge in [0.25, 0.3) is 0 Å². The van der Waals surface area contributed by atoms with Crippen molar-refractivity contribution in [3.63, 3.8) is 0 Å². The average Bonchev–Trinajstić information content (AvgIpc) is 2.37. The lowest BCUT2D eigenvalue weighted by molar-refractivity contribution is 0.598. The van der Waals surface area contributed by atoms with Gasteiger partial charge in [-0.3, -0.25) is 0 Å². The number of aryl methyl sites for hydroxylation is 1. The van der Waals surface area contributed by atoms with E-state index in [9.17, 15) is 4.39 Å². The molecule has 1 aromatic carbocycles. The van der Waals surface area contributed by atoms with Crippen molar-refractivity contribution in [1.82, 2.24) is 15.0 Å². The van der Waals surface area contributed by atoms with Gasteiger partial charge >= 0.3 is 0 Å². The third-order valence-corrected chi connectivity index (χ3v) is 3.15. The number of anilines is 2. The fourth-order valence-corrected chi connectivity index (χ4v) is 1.99. The summed E-state index contributed by atoms with van der Waals surface area (Å²) in [5.41, 5.74) is 7.13. The lowest BCUT2D eigenvalue weighted by atomic mass is 10.1. The van der Waals surface area contributed by atoms with Crippen LogP contribution in [0.25, 0.3) is 0 Å². The molecule has 0 saturated heterocycles. The number of halogens is 1. The maximum Gasteiger partial charge on any atom is 0.228 e. The molecule has 1 aromatic heterocycles. The highest BCUT2D eigenvalue weighted by molar-refractivity contribution is 5.36. The first-order valence-electron chi connectivity index (χ1n) is 6.91. The quantitative estimate of drug-likeness (QED) is 0.904. The molecule has 2 rings (SSSR count). The van der Waals surface area contributed by atoms with Crippen LogP contribution in [0.15, 0.2) is 18.2 Å². The summed E-state index contributed by atoms with van der Waals surface area (Å²) in [5, 5.41) is 3.07. The number of nitrogens with zero attached hydrogens (tertiary/aromatic N) is 3. The highest BCUT2D eigenvalue weighted by atomic mass is 19.1. The van der Waals surface area contributed by atoms with Crippen molar-refractivity contribution in [2.45, 2.75) is 39.7 Å². The van der Waals surface area contributed by atoms with Crippen molar-refractivity contribution >= 4 is 11.9 Å². The summed E-state index contributed by atoms with van der Waals surface area (Å²) >= 11 is 0. The zero-order chi connectivity index (χ0) is 15.6. The molecule has 0 fully saturated rings. The predicted octanol–water partition coefficient (Wildman–Crippen LogP) is 3.20. The summed E-state index contributed by atoms with van der Waals surface area (Å²) in [7, 11) is 0. The summed E-state index contributed by atoms with van der Waals surface area (Å²) in [4.78, 5) is 12.4. The van der Waals surface area contributed by atoms with Gasteiger partial charge in [-0.05, 0) is 25.5 Å². The first kappa shape index (κ1) is 15.2. The Balaban J connectivity index is 2.25. The second-order valence-corrected chi connectivity index (χ2v) is 5.42. The van der Waals surface area contributed by atoms with E-state index < -0.39 is 0 Å². The van der Waals surface area contributed by atoms with Gasteiger partial charge in [0.1, 0.15) is 11.6 Å². The number of aromatic nitrogens is 3. The second-order valence-electron chi connectivity index (χ2n) is 5.42. The molecule has 21 heavy (non-hydrogen) atoms. The minimum Gasteiger partial charge on any atom is -0.368 e. The van der Waals surface area contributed by atoms with E-state index in [0.29, 0.717) is 17.3 Å². The number of nitrogen functional groups attached to an aromatic ring is 1. The topological polar surface area (TPSA) is 76.7 Å².